The first-order chi connectivity index (χ1) is 7.38. The summed E-state index contributed by atoms with van der Waals surface area (Å²) >= 11 is 1.81. The Morgan fingerprint density at radius 2 is 2.40 bits per heavy atom. The highest BCUT2D eigenvalue weighted by Gasteiger charge is 2.25. The molecule has 0 amide bonds. The van der Waals surface area contributed by atoms with Crippen molar-refractivity contribution in [3.8, 4) is 0 Å². The predicted molar refractivity (Wildman–Crippen MR) is 61.3 cm³/mol. The van der Waals surface area contributed by atoms with Crippen LogP contribution in [0.3, 0.4) is 0 Å². The van der Waals surface area contributed by atoms with Crippen LogP contribution in [0, 0.1) is 0 Å². The van der Waals surface area contributed by atoms with Gasteiger partial charge in [-0.15, -0.1) is 0 Å². The van der Waals surface area contributed by atoms with Gasteiger partial charge >= 0.3 is 0 Å². The molecule has 0 spiro atoms. The number of nitrogens with zero attached hydrogens (tertiary/aromatic N) is 2. The molecule has 1 atom stereocenters. The van der Waals surface area contributed by atoms with Gasteiger partial charge in [0.2, 0.25) is 0 Å². The molecule has 1 aromatic heterocycles. The van der Waals surface area contributed by atoms with Gasteiger partial charge in [0.05, 0.1) is 22.9 Å². The van der Waals surface area contributed by atoms with Crippen molar-refractivity contribution in [1.29, 1.82) is 0 Å². The molecule has 1 aromatic carbocycles. The van der Waals surface area contributed by atoms with Crippen molar-refractivity contribution in [2.45, 2.75) is 17.0 Å². The Labute approximate surface area is 92.4 Å². The van der Waals surface area contributed by atoms with E-state index in [1.807, 2.05) is 17.8 Å². The molecule has 78 valence electrons. The van der Waals surface area contributed by atoms with Crippen molar-refractivity contribution in [3.63, 3.8) is 0 Å². The molecule has 2 heterocycles. The Morgan fingerprint density at radius 1 is 1.53 bits per heavy atom. The van der Waals surface area contributed by atoms with Gasteiger partial charge in [-0.05, 0) is 12.1 Å². The highest BCUT2D eigenvalue weighted by Crippen LogP contribution is 2.34. The number of aromatic nitrogens is 2. The lowest BCUT2D eigenvalue weighted by Crippen LogP contribution is -2.11. The first-order valence-corrected chi connectivity index (χ1v) is 5.87. The maximum Gasteiger partial charge on any atom is 0.169 e. The molecule has 0 N–H and O–H groups in total. The molecule has 3 rings (SSSR count). The van der Waals surface area contributed by atoms with Crippen LogP contribution in [0.2, 0.25) is 0 Å². The summed E-state index contributed by atoms with van der Waals surface area (Å²) in [5, 5.41) is 1.64. The van der Waals surface area contributed by atoms with E-state index in [1.54, 1.807) is 7.11 Å². The Kier molecular flexibility index (Phi) is 2.18. The predicted octanol–water partition coefficient (Wildman–Crippen LogP) is 2.16. The van der Waals surface area contributed by atoms with Crippen molar-refractivity contribution in [2.24, 2.45) is 0 Å². The van der Waals surface area contributed by atoms with Gasteiger partial charge in [0.25, 0.3) is 0 Å². The van der Waals surface area contributed by atoms with E-state index >= 15 is 0 Å². The zero-order valence-corrected chi connectivity index (χ0v) is 9.33. The lowest BCUT2D eigenvalue weighted by molar-refractivity contribution is 0.196. The maximum atomic E-state index is 5.18. The van der Waals surface area contributed by atoms with Gasteiger partial charge < -0.3 is 9.30 Å². The zero-order valence-electron chi connectivity index (χ0n) is 8.51. The molecule has 0 saturated carbocycles. The van der Waals surface area contributed by atoms with Crippen LogP contribution in [0.1, 0.15) is 0 Å². The van der Waals surface area contributed by atoms with Gasteiger partial charge in [-0.3, -0.25) is 0 Å². The Bertz CT molecular complexity index is 494. The monoisotopic (exact) mass is 220 g/mol. The molecule has 0 bridgehead atoms. The van der Waals surface area contributed by atoms with Gasteiger partial charge in [-0.1, -0.05) is 23.9 Å². The SMILES string of the molecule is COCC1Cn2c(nc3ccccc32)S1. The molecule has 0 aliphatic carbocycles. The molecule has 1 aliphatic heterocycles. The minimum absolute atomic E-state index is 0.516. The number of imidazole rings is 1. The number of hydrogen-bond donors (Lipinski definition) is 0. The topological polar surface area (TPSA) is 27.1 Å². The summed E-state index contributed by atoms with van der Waals surface area (Å²) in [6, 6.07) is 8.28. The van der Waals surface area contributed by atoms with Crippen LogP contribution >= 0.6 is 11.8 Å². The Hall–Kier alpha value is -1.00. The van der Waals surface area contributed by atoms with E-state index in [9.17, 15) is 0 Å². The smallest absolute Gasteiger partial charge is 0.169 e. The van der Waals surface area contributed by atoms with Crippen molar-refractivity contribution in [3.05, 3.63) is 24.3 Å². The number of hydrogen-bond acceptors (Lipinski definition) is 3. The molecular formula is C11H12N2OS. The van der Waals surface area contributed by atoms with Crippen molar-refractivity contribution in [2.75, 3.05) is 13.7 Å². The number of fused-ring (bicyclic) bond motifs is 3. The van der Waals surface area contributed by atoms with E-state index in [1.165, 1.54) is 5.52 Å². The van der Waals surface area contributed by atoms with Crippen LogP contribution < -0.4 is 0 Å². The van der Waals surface area contributed by atoms with Crippen LogP contribution in [-0.2, 0) is 11.3 Å². The lowest BCUT2D eigenvalue weighted by atomic mass is 10.3. The van der Waals surface area contributed by atoms with E-state index in [4.69, 9.17) is 4.74 Å². The van der Waals surface area contributed by atoms with Crippen LogP contribution in [0.15, 0.2) is 29.4 Å². The van der Waals surface area contributed by atoms with Gasteiger partial charge in [0, 0.05) is 13.7 Å². The van der Waals surface area contributed by atoms with Gasteiger partial charge in [-0.2, -0.15) is 0 Å². The molecule has 0 radical (unpaired) electrons. The van der Waals surface area contributed by atoms with Crippen LogP contribution in [0.4, 0.5) is 0 Å². The molecule has 1 unspecified atom stereocenters. The summed E-state index contributed by atoms with van der Waals surface area (Å²) in [4.78, 5) is 4.60. The minimum atomic E-state index is 0.516. The maximum absolute atomic E-state index is 5.18. The van der Waals surface area contributed by atoms with E-state index < -0.39 is 0 Å². The summed E-state index contributed by atoms with van der Waals surface area (Å²) in [6.07, 6.45) is 0. The molecule has 3 nitrogen and oxygen atoms in total. The third-order valence-corrected chi connectivity index (χ3v) is 3.77. The summed E-state index contributed by atoms with van der Waals surface area (Å²) in [5.41, 5.74) is 2.33. The quantitative estimate of drug-likeness (QED) is 0.776. The lowest BCUT2D eigenvalue weighted by Gasteiger charge is -2.05. The third-order valence-electron chi connectivity index (χ3n) is 2.63. The second-order valence-electron chi connectivity index (χ2n) is 3.69. The first-order valence-electron chi connectivity index (χ1n) is 4.99. The zero-order chi connectivity index (χ0) is 10.3. The molecule has 1 aliphatic rings. The average molecular weight is 220 g/mol. The van der Waals surface area contributed by atoms with Crippen LogP contribution in [0.25, 0.3) is 11.0 Å². The molecular weight excluding hydrogens is 208 g/mol. The normalized spacial score (nSPS) is 19.7. The fourth-order valence-corrected chi connectivity index (χ4v) is 3.16. The number of ether oxygens (including phenoxy) is 1. The number of thioether (sulfide) groups is 1. The van der Waals surface area contributed by atoms with E-state index in [2.05, 4.69) is 27.8 Å². The molecule has 2 aromatic rings. The molecule has 15 heavy (non-hydrogen) atoms. The highest BCUT2D eigenvalue weighted by molar-refractivity contribution is 8.00. The van der Waals surface area contributed by atoms with E-state index in [0.29, 0.717) is 5.25 Å². The van der Waals surface area contributed by atoms with Gasteiger partial charge in [0.1, 0.15) is 0 Å². The van der Waals surface area contributed by atoms with Crippen molar-refractivity contribution >= 4 is 22.8 Å². The standard InChI is InChI=1S/C11H12N2OS/c1-14-7-8-6-13-10-5-3-2-4-9(10)12-11(13)15-8/h2-5,8H,6-7H2,1H3. The van der Waals surface area contributed by atoms with E-state index in [0.717, 1.165) is 23.8 Å². The van der Waals surface area contributed by atoms with Crippen LogP contribution in [-0.4, -0.2) is 28.5 Å². The number of methoxy groups -OCH3 is 1. The highest BCUT2D eigenvalue weighted by atomic mass is 32.2. The Morgan fingerprint density at radius 3 is 3.27 bits per heavy atom. The van der Waals surface area contributed by atoms with Crippen molar-refractivity contribution < 1.29 is 4.74 Å². The number of rotatable bonds is 2. The summed E-state index contributed by atoms with van der Waals surface area (Å²) in [5.74, 6) is 0. The second kappa shape index (κ2) is 3.54. The fraction of sp³-hybridized carbons (Fsp3) is 0.364. The summed E-state index contributed by atoms with van der Waals surface area (Å²) in [7, 11) is 1.75. The summed E-state index contributed by atoms with van der Waals surface area (Å²) < 4.78 is 7.46. The number of benzene rings is 1. The largest absolute Gasteiger partial charge is 0.383 e. The molecule has 0 fully saturated rings. The average Bonchev–Trinajstić information content (AvgIpc) is 2.75. The second-order valence-corrected chi connectivity index (χ2v) is 4.96. The third kappa shape index (κ3) is 1.44. The minimum Gasteiger partial charge on any atom is -0.383 e. The van der Waals surface area contributed by atoms with Gasteiger partial charge in [0.15, 0.2) is 5.16 Å². The molecule has 4 heteroatoms. The number of para-hydroxylation sites is 2. The van der Waals surface area contributed by atoms with Crippen molar-refractivity contribution in [1.82, 2.24) is 9.55 Å². The van der Waals surface area contributed by atoms with Crippen LogP contribution in [0.5, 0.6) is 0 Å². The Balaban J connectivity index is 2.01. The van der Waals surface area contributed by atoms with E-state index in [-0.39, 0.29) is 0 Å². The molecule has 0 saturated heterocycles. The first kappa shape index (κ1) is 9.24. The van der Waals surface area contributed by atoms with Gasteiger partial charge in [-0.25, -0.2) is 4.98 Å². The fourth-order valence-electron chi connectivity index (χ4n) is 1.98. The summed E-state index contributed by atoms with van der Waals surface area (Å²) in [6.45, 7) is 1.80.